The number of carbonyl (C=O) groups excluding carboxylic acids is 1. The maximum atomic E-state index is 13.6. The van der Waals surface area contributed by atoms with Crippen LogP contribution in [0.4, 0.5) is 13.2 Å². The predicted molar refractivity (Wildman–Crippen MR) is 105 cm³/mol. The van der Waals surface area contributed by atoms with Gasteiger partial charge in [-0.2, -0.15) is 13.2 Å². The second-order valence-electron chi connectivity index (χ2n) is 6.05. The molecule has 1 heterocycles. The molecule has 0 amide bonds. The number of benzene rings is 1. The van der Waals surface area contributed by atoms with Crippen LogP contribution in [0.5, 0.6) is 0 Å². The van der Waals surface area contributed by atoms with Gasteiger partial charge in [0.1, 0.15) is 5.69 Å². The van der Waals surface area contributed by atoms with E-state index in [1.165, 1.54) is 19.1 Å². The Bertz CT molecular complexity index is 1060. The Morgan fingerprint density at radius 2 is 1.81 bits per heavy atom. The molecule has 0 aliphatic carbocycles. The van der Waals surface area contributed by atoms with Crippen molar-refractivity contribution in [2.75, 3.05) is 20.3 Å². The van der Waals surface area contributed by atoms with E-state index in [4.69, 9.17) is 9.47 Å². The van der Waals surface area contributed by atoms with E-state index in [9.17, 15) is 22.8 Å². The molecular formula is C21H21F3N2O5. The number of rotatable bonds is 6. The molecule has 0 bridgehead atoms. The van der Waals surface area contributed by atoms with Crippen LogP contribution in [-0.4, -0.2) is 42.1 Å². The number of methoxy groups -OCH3 is 1. The molecule has 0 radical (unpaired) electrons. The molecule has 0 aliphatic heterocycles. The number of esters is 1. The molecule has 1 aromatic carbocycles. The zero-order valence-corrected chi connectivity index (χ0v) is 17.4. The third-order valence-corrected chi connectivity index (χ3v) is 4.08. The van der Waals surface area contributed by atoms with Crippen molar-refractivity contribution >= 4 is 5.97 Å². The summed E-state index contributed by atoms with van der Waals surface area (Å²) in [4.78, 5) is 28.9. The van der Waals surface area contributed by atoms with Gasteiger partial charge in [0.15, 0.2) is 0 Å². The summed E-state index contributed by atoms with van der Waals surface area (Å²) in [5.74, 6) is 4.20. The van der Waals surface area contributed by atoms with Gasteiger partial charge in [-0.3, -0.25) is 9.36 Å². The molecule has 0 fully saturated rings. The fourth-order valence-electron chi connectivity index (χ4n) is 2.71. The highest BCUT2D eigenvalue weighted by Crippen LogP contribution is 2.33. The molecule has 0 spiro atoms. The Hall–Kier alpha value is -3.16. The average Bonchev–Trinajstić information content (AvgIpc) is 2.72. The normalized spacial score (nSPS) is 11.2. The number of halogens is 3. The lowest BCUT2D eigenvalue weighted by atomic mass is 10.1. The van der Waals surface area contributed by atoms with Crippen molar-refractivity contribution in [2.45, 2.75) is 33.2 Å². The molecule has 1 aromatic heterocycles. The van der Waals surface area contributed by atoms with Crippen LogP contribution in [0.3, 0.4) is 0 Å². The maximum absolute atomic E-state index is 13.6. The van der Waals surface area contributed by atoms with Crippen molar-refractivity contribution in [3.63, 3.8) is 0 Å². The van der Waals surface area contributed by atoms with E-state index in [1.807, 2.05) is 0 Å². The molecule has 2 aromatic rings. The zero-order chi connectivity index (χ0) is 23.2. The van der Waals surface area contributed by atoms with E-state index in [-0.39, 0.29) is 11.4 Å². The minimum atomic E-state index is -4.74. The molecule has 0 unspecified atom stereocenters. The highest BCUT2D eigenvalue weighted by Gasteiger charge is 2.35. The summed E-state index contributed by atoms with van der Waals surface area (Å²) in [6, 6.07) is 4.51. The first-order valence-corrected chi connectivity index (χ1v) is 9.28. The Morgan fingerprint density at radius 3 is 2.35 bits per heavy atom. The van der Waals surface area contributed by atoms with Crippen LogP contribution in [0.15, 0.2) is 29.1 Å². The van der Waals surface area contributed by atoms with Gasteiger partial charge >= 0.3 is 12.1 Å². The predicted octanol–water partition coefficient (Wildman–Crippen LogP) is 3.10. The molecule has 0 aliphatic rings. The standard InChI is InChI=1S/C21H21F3N2O5/c1-5-30-17(31-6-2)12-11-15-13(3)26(19(27)18(25-15)20(28)29-4)16-10-8-7-9-14(16)21(22,23)24/h7-10,17H,5-6H2,1-4H3. The Balaban J connectivity index is 2.81. The Labute approximate surface area is 176 Å². The van der Waals surface area contributed by atoms with Crippen LogP contribution >= 0.6 is 0 Å². The number of hydrogen-bond donors (Lipinski definition) is 0. The molecule has 0 saturated heterocycles. The van der Waals surface area contributed by atoms with Crippen molar-refractivity contribution in [1.82, 2.24) is 9.55 Å². The van der Waals surface area contributed by atoms with Crippen molar-refractivity contribution in [2.24, 2.45) is 0 Å². The number of carbonyl (C=O) groups is 1. The van der Waals surface area contributed by atoms with Gasteiger partial charge in [-0.1, -0.05) is 12.1 Å². The van der Waals surface area contributed by atoms with Gasteiger partial charge in [-0.05, 0) is 44.7 Å². The second-order valence-corrected chi connectivity index (χ2v) is 6.05. The van der Waals surface area contributed by atoms with E-state index in [0.29, 0.717) is 13.2 Å². The molecule has 0 N–H and O–H groups in total. The monoisotopic (exact) mass is 438 g/mol. The number of ether oxygens (including phenoxy) is 3. The summed E-state index contributed by atoms with van der Waals surface area (Å²) in [5.41, 5.74) is -3.35. The molecule has 10 heteroatoms. The third kappa shape index (κ3) is 5.51. The van der Waals surface area contributed by atoms with E-state index in [1.54, 1.807) is 13.8 Å². The van der Waals surface area contributed by atoms with E-state index >= 15 is 0 Å². The molecule has 0 atom stereocenters. The largest absolute Gasteiger partial charge is 0.464 e. The van der Waals surface area contributed by atoms with Crippen molar-refractivity contribution < 1.29 is 32.2 Å². The van der Waals surface area contributed by atoms with Crippen LogP contribution in [-0.2, 0) is 20.4 Å². The molecular weight excluding hydrogens is 417 g/mol. The highest BCUT2D eigenvalue weighted by molar-refractivity contribution is 5.87. The molecule has 31 heavy (non-hydrogen) atoms. The quantitative estimate of drug-likeness (QED) is 0.392. The van der Waals surface area contributed by atoms with Gasteiger partial charge in [0.05, 0.1) is 24.1 Å². The van der Waals surface area contributed by atoms with Gasteiger partial charge < -0.3 is 14.2 Å². The molecule has 166 valence electrons. The Kier molecular flexibility index (Phi) is 7.96. The summed E-state index contributed by atoms with van der Waals surface area (Å²) >= 11 is 0. The minimum absolute atomic E-state index is 0.00796. The molecule has 2 rings (SSSR count). The van der Waals surface area contributed by atoms with Crippen molar-refractivity contribution in [3.05, 3.63) is 57.3 Å². The van der Waals surface area contributed by atoms with Gasteiger partial charge in [0.25, 0.3) is 5.56 Å². The van der Waals surface area contributed by atoms with Gasteiger partial charge in [-0.25, -0.2) is 9.78 Å². The topological polar surface area (TPSA) is 79.7 Å². The van der Waals surface area contributed by atoms with Crippen molar-refractivity contribution in [3.8, 4) is 17.5 Å². The van der Waals surface area contributed by atoms with Crippen molar-refractivity contribution in [1.29, 1.82) is 0 Å². The van der Waals surface area contributed by atoms with E-state index < -0.39 is 40.9 Å². The lowest BCUT2D eigenvalue weighted by Crippen LogP contribution is -2.31. The highest BCUT2D eigenvalue weighted by atomic mass is 19.4. The first-order valence-electron chi connectivity index (χ1n) is 9.28. The first-order chi connectivity index (χ1) is 14.6. The van der Waals surface area contributed by atoms with E-state index in [2.05, 4.69) is 21.6 Å². The third-order valence-electron chi connectivity index (χ3n) is 4.08. The number of aromatic nitrogens is 2. The fourth-order valence-corrected chi connectivity index (χ4v) is 2.71. The number of hydrogen-bond acceptors (Lipinski definition) is 6. The van der Waals surface area contributed by atoms with Gasteiger partial charge in [0.2, 0.25) is 12.0 Å². The smallest absolute Gasteiger partial charge is 0.418 e. The summed E-state index contributed by atoms with van der Waals surface area (Å²) in [7, 11) is 1.03. The second kappa shape index (κ2) is 10.2. The zero-order valence-electron chi connectivity index (χ0n) is 17.4. The van der Waals surface area contributed by atoms with Crippen LogP contribution in [0.2, 0.25) is 0 Å². The SMILES string of the molecule is CCOC(C#Cc1nc(C(=O)OC)c(=O)n(-c2ccccc2C(F)(F)F)c1C)OCC. The van der Waals surface area contributed by atoms with E-state index in [0.717, 1.165) is 23.8 Å². The number of nitrogens with zero attached hydrogens (tertiary/aromatic N) is 2. The van der Waals surface area contributed by atoms with Crippen LogP contribution in [0.1, 0.15) is 41.3 Å². The lowest BCUT2D eigenvalue weighted by Gasteiger charge is -2.18. The molecule has 7 nitrogen and oxygen atoms in total. The maximum Gasteiger partial charge on any atom is 0.418 e. The fraction of sp³-hybridized carbons (Fsp3) is 0.381. The number of para-hydroxylation sites is 1. The average molecular weight is 438 g/mol. The Morgan fingerprint density at radius 1 is 1.19 bits per heavy atom. The van der Waals surface area contributed by atoms with Gasteiger partial charge in [-0.15, -0.1) is 0 Å². The molecule has 0 saturated carbocycles. The minimum Gasteiger partial charge on any atom is -0.464 e. The summed E-state index contributed by atoms with van der Waals surface area (Å²) in [5, 5.41) is 0. The van der Waals surface area contributed by atoms with Crippen LogP contribution in [0.25, 0.3) is 5.69 Å². The summed E-state index contributed by atoms with van der Waals surface area (Å²) in [6.07, 6.45) is -5.65. The summed E-state index contributed by atoms with van der Waals surface area (Å²) in [6.45, 7) is 5.46. The van der Waals surface area contributed by atoms with Gasteiger partial charge in [0, 0.05) is 13.2 Å². The van der Waals surface area contributed by atoms with Crippen LogP contribution < -0.4 is 5.56 Å². The van der Waals surface area contributed by atoms with Crippen LogP contribution in [0, 0.1) is 18.8 Å². The number of alkyl halides is 3. The lowest BCUT2D eigenvalue weighted by molar-refractivity contribution is -0.137. The summed E-state index contributed by atoms with van der Waals surface area (Å²) < 4.78 is 56.6. The first kappa shape index (κ1) is 24.1.